The fraction of sp³-hybridized carbons (Fsp3) is 0.500. The minimum atomic E-state index is 0.694. The van der Waals surface area contributed by atoms with E-state index in [0.717, 1.165) is 4.47 Å². The Morgan fingerprint density at radius 2 is 2.07 bits per heavy atom. The van der Waals surface area contributed by atoms with Crippen molar-refractivity contribution in [3.63, 3.8) is 0 Å². The number of halogens is 1. The second-order valence-corrected chi connectivity index (χ2v) is 4.82. The van der Waals surface area contributed by atoms with Gasteiger partial charge in [-0.2, -0.15) is 0 Å². The molecule has 0 aliphatic carbocycles. The lowest BCUT2D eigenvalue weighted by Gasteiger charge is -2.21. The summed E-state index contributed by atoms with van der Waals surface area (Å²) < 4.78 is 6.37. The lowest BCUT2D eigenvalue weighted by atomic mass is 10.1. The third kappa shape index (κ3) is 2.52. The van der Waals surface area contributed by atoms with E-state index in [-0.39, 0.29) is 0 Å². The van der Waals surface area contributed by atoms with Crippen molar-refractivity contribution in [2.45, 2.75) is 19.4 Å². The quantitative estimate of drug-likeness (QED) is 0.836. The Morgan fingerprint density at radius 1 is 1.33 bits per heavy atom. The van der Waals surface area contributed by atoms with E-state index in [2.05, 4.69) is 39.0 Å². The highest BCUT2D eigenvalue weighted by molar-refractivity contribution is 9.10. The van der Waals surface area contributed by atoms with Crippen LogP contribution in [0.3, 0.4) is 0 Å². The maximum Gasteiger partial charge on any atom is 0.0733 e. The van der Waals surface area contributed by atoms with Crippen molar-refractivity contribution in [1.29, 1.82) is 0 Å². The molecular weight excluding hydrogens is 254 g/mol. The summed E-state index contributed by atoms with van der Waals surface area (Å²) in [7, 11) is 1.75. The number of ether oxygens (including phenoxy) is 1. The van der Waals surface area contributed by atoms with Gasteiger partial charge >= 0.3 is 0 Å². The number of hydrogen-bond donors (Lipinski definition) is 0. The molecule has 1 fully saturated rings. The SMILES string of the molecule is COCc1ccc(Br)cc1N1CCCC1. The molecule has 15 heavy (non-hydrogen) atoms. The van der Waals surface area contributed by atoms with Crippen LogP contribution in [-0.4, -0.2) is 20.2 Å². The summed E-state index contributed by atoms with van der Waals surface area (Å²) in [5, 5.41) is 0. The molecule has 1 aromatic rings. The number of benzene rings is 1. The minimum absolute atomic E-state index is 0.694. The van der Waals surface area contributed by atoms with E-state index < -0.39 is 0 Å². The summed E-state index contributed by atoms with van der Waals surface area (Å²) in [4.78, 5) is 2.44. The van der Waals surface area contributed by atoms with E-state index in [9.17, 15) is 0 Å². The number of methoxy groups -OCH3 is 1. The van der Waals surface area contributed by atoms with Crippen molar-refractivity contribution in [3.05, 3.63) is 28.2 Å². The number of nitrogens with zero attached hydrogens (tertiary/aromatic N) is 1. The second kappa shape index (κ2) is 4.99. The molecule has 2 rings (SSSR count). The molecule has 0 unspecified atom stereocenters. The molecule has 1 aliphatic rings. The molecular formula is C12H16BrNO. The molecule has 0 spiro atoms. The van der Waals surface area contributed by atoms with Crippen LogP contribution in [-0.2, 0) is 11.3 Å². The molecule has 0 bridgehead atoms. The number of anilines is 1. The van der Waals surface area contributed by atoms with Gasteiger partial charge in [0.2, 0.25) is 0 Å². The Labute approximate surface area is 99.4 Å². The molecule has 2 nitrogen and oxygen atoms in total. The zero-order chi connectivity index (χ0) is 10.7. The molecule has 0 N–H and O–H groups in total. The van der Waals surface area contributed by atoms with Crippen molar-refractivity contribution < 1.29 is 4.74 Å². The summed E-state index contributed by atoms with van der Waals surface area (Å²) in [6.45, 7) is 3.04. The normalized spacial score (nSPS) is 16.0. The first kappa shape index (κ1) is 11.0. The first-order valence-corrected chi connectivity index (χ1v) is 6.13. The Morgan fingerprint density at radius 3 is 2.73 bits per heavy atom. The minimum Gasteiger partial charge on any atom is -0.380 e. The predicted molar refractivity (Wildman–Crippen MR) is 66.3 cm³/mol. The van der Waals surface area contributed by atoms with Crippen LogP contribution in [0.15, 0.2) is 22.7 Å². The largest absolute Gasteiger partial charge is 0.380 e. The average molecular weight is 270 g/mol. The van der Waals surface area contributed by atoms with Gasteiger partial charge in [0, 0.05) is 35.9 Å². The van der Waals surface area contributed by atoms with Crippen molar-refractivity contribution >= 4 is 21.6 Å². The summed E-state index contributed by atoms with van der Waals surface area (Å²) in [6, 6.07) is 6.41. The smallest absolute Gasteiger partial charge is 0.0733 e. The fourth-order valence-electron chi connectivity index (χ4n) is 2.07. The van der Waals surface area contributed by atoms with Crippen LogP contribution in [0.4, 0.5) is 5.69 Å². The number of rotatable bonds is 3. The van der Waals surface area contributed by atoms with E-state index >= 15 is 0 Å². The van der Waals surface area contributed by atoms with Crippen LogP contribution in [0.5, 0.6) is 0 Å². The maximum absolute atomic E-state index is 5.23. The van der Waals surface area contributed by atoms with Crippen LogP contribution in [0.2, 0.25) is 0 Å². The highest BCUT2D eigenvalue weighted by atomic mass is 79.9. The lowest BCUT2D eigenvalue weighted by Crippen LogP contribution is -2.19. The van der Waals surface area contributed by atoms with E-state index in [1.807, 2.05) is 0 Å². The average Bonchev–Trinajstić information content (AvgIpc) is 2.74. The molecule has 1 aliphatic heterocycles. The lowest BCUT2D eigenvalue weighted by molar-refractivity contribution is 0.185. The van der Waals surface area contributed by atoms with Gasteiger partial charge in [-0.3, -0.25) is 0 Å². The third-order valence-electron chi connectivity index (χ3n) is 2.79. The second-order valence-electron chi connectivity index (χ2n) is 3.90. The molecule has 0 radical (unpaired) electrons. The van der Waals surface area contributed by atoms with Gasteiger partial charge in [0.1, 0.15) is 0 Å². The zero-order valence-electron chi connectivity index (χ0n) is 9.00. The van der Waals surface area contributed by atoms with Gasteiger partial charge in [-0.1, -0.05) is 22.0 Å². The van der Waals surface area contributed by atoms with E-state index in [0.29, 0.717) is 6.61 Å². The predicted octanol–water partition coefficient (Wildman–Crippen LogP) is 3.20. The third-order valence-corrected chi connectivity index (χ3v) is 3.29. The van der Waals surface area contributed by atoms with Gasteiger partial charge in [-0.15, -0.1) is 0 Å². The van der Waals surface area contributed by atoms with Crippen LogP contribution in [0.1, 0.15) is 18.4 Å². The summed E-state index contributed by atoms with van der Waals surface area (Å²) in [5.41, 5.74) is 2.60. The monoisotopic (exact) mass is 269 g/mol. The molecule has 0 atom stereocenters. The standard InChI is InChI=1S/C12H16BrNO/c1-15-9-10-4-5-11(13)8-12(10)14-6-2-3-7-14/h4-5,8H,2-3,6-7,9H2,1H3. The van der Waals surface area contributed by atoms with Crippen molar-refractivity contribution in [2.24, 2.45) is 0 Å². The fourth-order valence-corrected chi connectivity index (χ4v) is 2.42. The summed E-state index contributed by atoms with van der Waals surface area (Å²) in [5.74, 6) is 0. The van der Waals surface area contributed by atoms with Gasteiger partial charge < -0.3 is 9.64 Å². The van der Waals surface area contributed by atoms with Crippen LogP contribution < -0.4 is 4.90 Å². The zero-order valence-corrected chi connectivity index (χ0v) is 10.6. The molecule has 3 heteroatoms. The summed E-state index contributed by atoms with van der Waals surface area (Å²) >= 11 is 3.53. The number of hydrogen-bond acceptors (Lipinski definition) is 2. The molecule has 82 valence electrons. The van der Waals surface area contributed by atoms with Crippen LogP contribution >= 0.6 is 15.9 Å². The van der Waals surface area contributed by atoms with Crippen molar-refractivity contribution in [3.8, 4) is 0 Å². The van der Waals surface area contributed by atoms with Crippen molar-refractivity contribution in [1.82, 2.24) is 0 Å². The Balaban J connectivity index is 2.28. The molecule has 1 saturated heterocycles. The highest BCUT2D eigenvalue weighted by Crippen LogP contribution is 2.28. The first-order valence-electron chi connectivity index (χ1n) is 5.33. The van der Waals surface area contributed by atoms with Gasteiger partial charge in [-0.25, -0.2) is 0 Å². The molecule has 0 aromatic heterocycles. The first-order chi connectivity index (χ1) is 7.31. The Hall–Kier alpha value is -0.540. The maximum atomic E-state index is 5.23. The topological polar surface area (TPSA) is 12.5 Å². The molecule has 0 amide bonds. The van der Waals surface area contributed by atoms with Crippen molar-refractivity contribution in [2.75, 3.05) is 25.1 Å². The molecule has 1 heterocycles. The van der Waals surface area contributed by atoms with Gasteiger partial charge in [0.15, 0.2) is 0 Å². The van der Waals surface area contributed by atoms with Crippen LogP contribution in [0.25, 0.3) is 0 Å². The molecule has 0 saturated carbocycles. The molecule has 1 aromatic carbocycles. The van der Waals surface area contributed by atoms with Crippen LogP contribution in [0, 0.1) is 0 Å². The van der Waals surface area contributed by atoms with Gasteiger partial charge in [0.05, 0.1) is 6.61 Å². The highest BCUT2D eigenvalue weighted by Gasteiger charge is 2.15. The Kier molecular flexibility index (Phi) is 3.65. The van der Waals surface area contributed by atoms with Gasteiger partial charge in [-0.05, 0) is 25.0 Å². The van der Waals surface area contributed by atoms with E-state index in [1.54, 1.807) is 7.11 Å². The summed E-state index contributed by atoms with van der Waals surface area (Å²) in [6.07, 6.45) is 2.61. The van der Waals surface area contributed by atoms with E-state index in [4.69, 9.17) is 4.74 Å². The van der Waals surface area contributed by atoms with E-state index in [1.165, 1.54) is 37.2 Å². The Bertz CT molecular complexity index is 334. The van der Waals surface area contributed by atoms with Gasteiger partial charge in [0.25, 0.3) is 0 Å².